The molecule has 1 saturated heterocycles. The highest BCUT2D eigenvalue weighted by Crippen LogP contribution is 2.29. The van der Waals surface area contributed by atoms with E-state index in [0.29, 0.717) is 13.1 Å². The lowest BCUT2D eigenvalue weighted by Gasteiger charge is -2.18. The van der Waals surface area contributed by atoms with Crippen molar-refractivity contribution in [1.82, 2.24) is 9.88 Å². The Bertz CT molecular complexity index is 1080. The Kier molecular flexibility index (Phi) is 9.03. The number of hydrogen-bond acceptors (Lipinski definition) is 6. The number of carboxylic acids is 2. The number of fused-ring (bicyclic) bond motifs is 1. The minimum atomic E-state index is -1.82. The van der Waals surface area contributed by atoms with Crippen molar-refractivity contribution in [2.75, 3.05) is 26.8 Å². The van der Waals surface area contributed by atoms with Crippen LogP contribution in [0, 0.1) is 0 Å². The number of benzene rings is 2. The van der Waals surface area contributed by atoms with Crippen molar-refractivity contribution in [3.8, 4) is 17.0 Å². The second-order valence-corrected chi connectivity index (χ2v) is 7.98. The number of para-hydroxylation sites is 1. The average molecular weight is 471 g/mol. The first kappa shape index (κ1) is 25.2. The smallest absolute Gasteiger partial charge is 0.414 e. The van der Waals surface area contributed by atoms with Gasteiger partial charge < -0.3 is 34.7 Å². The number of aliphatic hydroxyl groups is 1. The molecule has 3 aromatic rings. The molecule has 0 radical (unpaired) electrons. The summed E-state index contributed by atoms with van der Waals surface area (Å²) >= 11 is 0. The summed E-state index contributed by atoms with van der Waals surface area (Å²) in [4.78, 5) is 18.2. The van der Waals surface area contributed by atoms with Crippen molar-refractivity contribution in [2.24, 2.45) is 0 Å². The van der Waals surface area contributed by atoms with E-state index < -0.39 is 18.0 Å². The Morgan fingerprint density at radius 2 is 1.85 bits per heavy atom. The van der Waals surface area contributed by atoms with Crippen molar-refractivity contribution < 1.29 is 34.4 Å². The van der Waals surface area contributed by atoms with Gasteiger partial charge in [-0.05, 0) is 54.8 Å². The third kappa shape index (κ3) is 6.80. The first-order valence-electron chi connectivity index (χ1n) is 11.1. The van der Waals surface area contributed by atoms with Gasteiger partial charge in [-0.3, -0.25) is 0 Å². The summed E-state index contributed by atoms with van der Waals surface area (Å²) in [6.07, 6.45) is 2.05. The van der Waals surface area contributed by atoms with E-state index >= 15 is 0 Å². The predicted molar refractivity (Wildman–Crippen MR) is 127 cm³/mol. The molecule has 2 heterocycles. The molecule has 0 spiro atoms. The lowest BCUT2D eigenvalue weighted by molar-refractivity contribution is -0.159. The number of carboxylic acid groups (broad SMARTS) is 2. The third-order valence-corrected chi connectivity index (χ3v) is 5.55. The van der Waals surface area contributed by atoms with Crippen LogP contribution in [0.15, 0.2) is 54.6 Å². The molecule has 9 nitrogen and oxygen atoms in total. The topological polar surface area (TPSA) is 130 Å². The fraction of sp³-hybridized carbons (Fsp3) is 0.360. The van der Waals surface area contributed by atoms with Crippen LogP contribution in [0.25, 0.3) is 22.2 Å². The van der Waals surface area contributed by atoms with Crippen LogP contribution in [0.5, 0.6) is 5.75 Å². The molecule has 0 amide bonds. The monoisotopic (exact) mass is 470 g/mol. The van der Waals surface area contributed by atoms with Crippen molar-refractivity contribution in [3.05, 3.63) is 54.6 Å². The highest BCUT2D eigenvalue weighted by Gasteiger charge is 2.17. The molecule has 182 valence electrons. The molecule has 4 N–H and O–H groups in total. The van der Waals surface area contributed by atoms with Crippen LogP contribution in [0.2, 0.25) is 0 Å². The molecule has 2 atom stereocenters. The van der Waals surface area contributed by atoms with Crippen LogP contribution in [0.3, 0.4) is 0 Å². The molecule has 1 aliphatic rings. The van der Waals surface area contributed by atoms with Crippen LogP contribution < -0.4 is 10.1 Å². The quantitative estimate of drug-likeness (QED) is 0.370. The Labute approximate surface area is 197 Å². The number of aliphatic hydroxyl groups excluding tert-OH is 1. The van der Waals surface area contributed by atoms with Crippen LogP contribution in [-0.4, -0.2) is 70.8 Å². The van der Waals surface area contributed by atoms with E-state index in [1.807, 2.05) is 24.3 Å². The molecule has 0 bridgehead atoms. The number of hydrogen-bond donors (Lipinski definition) is 4. The molecule has 1 fully saturated rings. The Morgan fingerprint density at radius 3 is 2.47 bits per heavy atom. The minimum absolute atomic E-state index is 0.287. The normalized spacial score (nSPS) is 16.0. The van der Waals surface area contributed by atoms with E-state index in [0.717, 1.165) is 48.5 Å². The Morgan fingerprint density at radius 1 is 1.15 bits per heavy atom. The molecule has 0 aliphatic carbocycles. The zero-order chi connectivity index (χ0) is 24.5. The van der Waals surface area contributed by atoms with Gasteiger partial charge in [0.1, 0.15) is 5.75 Å². The molecule has 4 rings (SSSR count). The first-order valence-corrected chi connectivity index (χ1v) is 11.1. The van der Waals surface area contributed by atoms with Crippen molar-refractivity contribution in [1.29, 1.82) is 0 Å². The molecule has 0 saturated carbocycles. The highest BCUT2D eigenvalue weighted by atomic mass is 16.5. The maximum absolute atomic E-state index is 10.7. The van der Waals surface area contributed by atoms with E-state index in [1.54, 1.807) is 7.11 Å². The fourth-order valence-electron chi connectivity index (χ4n) is 3.90. The van der Waals surface area contributed by atoms with Crippen molar-refractivity contribution in [2.45, 2.75) is 31.6 Å². The number of nitrogens with one attached hydrogen (secondary N) is 1. The highest BCUT2D eigenvalue weighted by molar-refractivity contribution is 6.27. The van der Waals surface area contributed by atoms with E-state index in [1.165, 1.54) is 5.39 Å². The SMILES string of the molecule is COc1ccc(-c2cc3ccccc3n2CC(O)CNCC2CCCO2)cc1.O=C(O)C(=O)O. The third-order valence-electron chi connectivity index (χ3n) is 5.55. The fourth-order valence-corrected chi connectivity index (χ4v) is 3.90. The number of rotatable bonds is 8. The summed E-state index contributed by atoms with van der Waals surface area (Å²) < 4.78 is 13.1. The number of aromatic nitrogens is 1. The Balaban J connectivity index is 0.000000481. The second-order valence-electron chi connectivity index (χ2n) is 7.98. The van der Waals surface area contributed by atoms with E-state index in [4.69, 9.17) is 29.3 Å². The molecule has 34 heavy (non-hydrogen) atoms. The van der Waals surface area contributed by atoms with Gasteiger partial charge in [-0.15, -0.1) is 0 Å². The second kappa shape index (κ2) is 12.2. The number of carbonyl (C=O) groups is 2. The molecule has 2 aromatic carbocycles. The summed E-state index contributed by atoms with van der Waals surface area (Å²) in [5, 5.41) is 30.0. The zero-order valence-electron chi connectivity index (χ0n) is 19.0. The van der Waals surface area contributed by atoms with Crippen molar-refractivity contribution >= 4 is 22.8 Å². The van der Waals surface area contributed by atoms with Crippen LogP contribution in [-0.2, 0) is 20.9 Å². The van der Waals surface area contributed by atoms with E-state index in [-0.39, 0.29) is 6.10 Å². The summed E-state index contributed by atoms with van der Waals surface area (Å²) in [5.74, 6) is -2.81. The molecule has 9 heteroatoms. The Hall–Kier alpha value is -3.40. The molecular weight excluding hydrogens is 440 g/mol. The van der Waals surface area contributed by atoms with Gasteiger partial charge in [0.05, 0.1) is 25.9 Å². The van der Waals surface area contributed by atoms with Gasteiger partial charge in [0.15, 0.2) is 0 Å². The average Bonchev–Trinajstić information content (AvgIpc) is 3.48. The number of nitrogens with zero attached hydrogens (tertiary/aromatic N) is 1. The number of methoxy groups -OCH3 is 1. The number of ether oxygens (including phenoxy) is 2. The van der Waals surface area contributed by atoms with Gasteiger partial charge in [0.25, 0.3) is 0 Å². The minimum Gasteiger partial charge on any atom is -0.497 e. The van der Waals surface area contributed by atoms with E-state index in [2.05, 4.69) is 40.2 Å². The van der Waals surface area contributed by atoms with E-state index in [9.17, 15) is 5.11 Å². The summed E-state index contributed by atoms with van der Waals surface area (Å²) in [5.41, 5.74) is 3.34. The van der Waals surface area contributed by atoms with Gasteiger partial charge in [-0.25, -0.2) is 9.59 Å². The maximum Gasteiger partial charge on any atom is 0.414 e. The predicted octanol–water partition coefficient (Wildman–Crippen LogP) is 2.60. The van der Waals surface area contributed by atoms with Crippen LogP contribution in [0.4, 0.5) is 0 Å². The van der Waals surface area contributed by atoms with Gasteiger partial charge in [-0.1, -0.05) is 18.2 Å². The summed E-state index contributed by atoms with van der Waals surface area (Å²) in [6, 6.07) is 18.5. The molecule has 1 aliphatic heterocycles. The zero-order valence-corrected chi connectivity index (χ0v) is 19.0. The van der Waals surface area contributed by atoms with Gasteiger partial charge >= 0.3 is 11.9 Å². The summed E-state index contributed by atoms with van der Waals surface area (Å²) in [7, 11) is 1.67. The lowest BCUT2D eigenvalue weighted by atomic mass is 10.1. The van der Waals surface area contributed by atoms with Gasteiger partial charge in [0, 0.05) is 36.3 Å². The first-order chi connectivity index (χ1) is 16.4. The number of aliphatic carboxylic acids is 2. The van der Waals surface area contributed by atoms with Crippen molar-refractivity contribution in [3.63, 3.8) is 0 Å². The molecule has 2 unspecified atom stereocenters. The summed E-state index contributed by atoms with van der Waals surface area (Å²) in [6.45, 7) is 2.74. The lowest BCUT2D eigenvalue weighted by Crippen LogP contribution is -2.35. The maximum atomic E-state index is 10.7. The van der Waals surface area contributed by atoms with Gasteiger partial charge in [0.2, 0.25) is 0 Å². The molecule has 1 aromatic heterocycles. The largest absolute Gasteiger partial charge is 0.497 e. The van der Waals surface area contributed by atoms with Gasteiger partial charge in [-0.2, -0.15) is 0 Å². The standard InChI is InChI=1S/C23H28N2O3.C2H2O4/c1-27-20-10-8-17(9-11-20)23-13-18-5-2-3-7-22(18)25(23)16-19(26)14-24-15-21-6-4-12-28-21;3-1(4)2(5)6/h2-3,5,7-11,13,19,21,24,26H,4,6,12,14-16H2,1H3;(H,3,4)(H,5,6). The molecular formula is C25H30N2O7. The van der Waals surface area contributed by atoms with Crippen LogP contribution >= 0.6 is 0 Å². The van der Waals surface area contributed by atoms with Crippen LogP contribution in [0.1, 0.15) is 12.8 Å².